The normalized spacial score (nSPS) is 22.7. The van der Waals surface area contributed by atoms with Gasteiger partial charge in [-0.1, -0.05) is 46.8 Å². The summed E-state index contributed by atoms with van der Waals surface area (Å²) in [5.41, 5.74) is -1.34. The van der Waals surface area contributed by atoms with Crippen LogP contribution in [-0.4, -0.2) is 89.3 Å². The number of carbonyl (C=O) groups excluding carboxylic acids is 5. The van der Waals surface area contributed by atoms with Crippen LogP contribution in [0.15, 0.2) is 24.3 Å². The minimum absolute atomic E-state index is 0.0235. The summed E-state index contributed by atoms with van der Waals surface area (Å²) in [6, 6.07) is -2.80. The van der Waals surface area contributed by atoms with Crippen LogP contribution in [0.25, 0.3) is 0 Å². The Morgan fingerprint density at radius 1 is 1.09 bits per heavy atom. The van der Waals surface area contributed by atoms with E-state index in [9.17, 15) is 29.1 Å². The predicted molar refractivity (Wildman–Crippen MR) is 170 cm³/mol. The first-order chi connectivity index (χ1) is 20.7. The number of aliphatic hydroxyl groups excluding tert-OH is 1. The first-order valence-electron chi connectivity index (χ1n) is 15.7. The molecule has 2 aliphatic rings. The lowest BCUT2D eigenvalue weighted by Gasteiger charge is -2.38. The van der Waals surface area contributed by atoms with Gasteiger partial charge in [-0.3, -0.25) is 14.4 Å². The van der Waals surface area contributed by atoms with Gasteiger partial charge in [0.15, 0.2) is 6.10 Å². The van der Waals surface area contributed by atoms with Gasteiger partial charge in [-0.2, -0.15) is 0 Å². The lowest BCUT2D eigenvalue weighted by molar-refractivity contribution is -0.145. The molecular weight excluding hydrogens is 580 g/mol. The SMILES string of the molecule is C=CCCC(NC(=O)[C@@H]1[C@@H]2[C@H](CN1C(=O)[C@@H](NC(=O)OC(C)(C)C)C(C)(C)C)C2(C)C)C(O)C(=O)NCC=C(C)C(=O)OCC. The van der Waals surface area contributed by atoms with Crippen molar-refractivity contribution in [1.29, 1.82) is 0 Å². The fourth-order valence-electron chi connectivity index (χ4n) is 5.85. The molecule has 4 N–H and O–H groups in total. The van der Waals surface area contributed by atoms with Crippen LogP contribution in [0, 0.1) is 22.7 Å². The summed E-state index contributed by atoms with van der Waals surface area (Å²) in [4.78, 5) is 66.9. The number of likely N-dealkylation sites (tertiary alicyclic amines) is 1. The molecule has 1 heterocycles. The molecule has 2 rings (SSSR count). The minimum Gasteiger partial charge on any atom is -0.463 e. The monoisotopic (exact) mass is 634 g/mol. The molecule has 6 atom stereocenters. The molecule has 254 valence electrons. The lowest BCUT2D eigenvalue weighted by Crippen LogP contribution is -2.61. The van der Waals surface area contributed by atoms with Crippen molar-refractivity contribution in [2.24, 2.45) is 22.7 Å². The maximum atomic E-state index is 14.1. The molecule has 0 aromatic rings. The quantitative estimate of drug-likeness (QED) is 0.137. The molecule has 1 aliphatic carbocycles. The third kappa shape index (κ3) is 9.79. The van der Waals surface area contributed by atoms with E-state index in [0.29, 0.717) is 18.5 Å². The van der Waals surface area contributed by atoms with E-state index in [1.807, 2.05) is 34.6 Å². The molecule has 0 bridgehead atoms. The van der Waals surface area contributed by atoms with E-state index < -0.39 is 65.0 Å². The number of fused-ring (bicyclic) bond motifs is 1. The summed E-state index contributed by atoms with van der Waals surface area (Å²) in [5.74, 6) is -2.17. The van der Waals surface area contributed by atoms with Gasteiger partial charge in [0.05, 0.1) is 12.6 Å². The average Bonchev–Trinajstić information content (AvgIpc) is 3.23. The van der Waals surface area contributed by atoms with Crippen LogP contribution in [0.5, 0.6) is 0 Å². The molecule has 4 amide bonds. The van der Waals surface area contributed by atoms with Crippen LogP contribution in [-0.2, 0) is 28.7 Å². The molecule has 2 fully saturated rings. The van der Waals surface area contributed by atoms with E-state index in [1.54, 1.807) is 40.7 Å². The molecule has 12 nitrogen and oxygen atoms in total. The number of nitrogens with zero attached hydrogens (tertiary/aromatic N) is 1. The molecule has 45 heavy (non-hydrogen) atoms. The van der Waals surface area contributed by atoms with Crippen LogP contribution in [0.4, 0.5) is 4.79 Å². The molecule has 0 aromatic heterocycles. The van der Waals surface area contributed by atoms with Gasteiger partial charge in [-0.15, -0.1) is 6.58 Å². The van der Waals surface area contributed by atoms with Gasteiger partial charge >= 0.3 is 12.1 Å². The highest BCUT2D eigenvalue weighted by Gasteiger charge is 2.70. The maximum absolute atomic E-state index is 14.1. The second-order valence-electron chi connectivity index (χ2n) is 14.6. The number of amides is 4. The van der Waals surface area contributed by atoms with Crippen LogP contribution in [0.3, 0.4) is 0 Å². The Labute approximate surface area is 267 Å². The van der Waals surface area contributed by atoms with Gasteiger partial charge < -0.3 is 35.4 Å². The molecule has 0 aromatic carbocycles. The van der Waals surface area contributed by atoms with Crippen molar-refractivity contribution in [1.82, 2.24) is 20.9 Å². The molecule has 1 saturated carbocycles. The van der Waals surface area contributed by atoms with Crippen LogP contribution in [0.2, 0.25) is 0 Å². The van der Waals surface area contributed by atoms with E-state index in [0.717, 1.165) is 0 Å². The topological polar surface area (TPSA) is 163 Å². The molecule has 0 spiro atoms. The predicted octanol–water partition coefficient (Wildman–Crippen LogP) is 2.85. The van der Waals surface area contributed by atoms with Crippen LogP contribution in [0.1, 0.15) is 82.1 Å². The Kier molecular flexibility index (Phi) is 12.4. The Morgan fingerprint density at radius 2 is 1.71 bits per heavy atom. The average molecular weight is 635 g/mol. The van der Waals surface area contributed by atoms with E-state index in [4.69, 9.17) is 9.47 Å². The number of carbonyl (C=O) groups is 5. The molecule has 1 saturated heterocycles. The van der Waals surface area contributed by atoms with Gasteiger partial charge in [-0.25, -0.2) is 9.59 Å². The van der Waals surface area contributed by atoms with Gasteiger partial charge in [-0.05, 0) is 70.1 Å². The van der Waals surface area contributed by atoms with Crippen LogP contribution >= 0.6 is 0 Å². The van der Waals surface area contributed by atoms with Gasteiger partial charge in [0.2, 0.25) is 11.8 Å². The summed E-state index contributed by atoms with van der Waals surface area (Å²) in [7, 11) is 0. The Morgan fingerprint density at radius 3 is 2.24 bits per heavy atom. The Balaban J connectivity index is 2.26. The van der Waals surface area contributed by atoms with E-state index >= 15 is 0 Å². The smallest absolute Gasteiger partial charge is 0.408 e. The minimum atomic E-state index is -1.60. The Bertz CT molecular complexity index is 1170. The Hall–Kier alpha value is -3.41. The van der Waals surface area contributed by atoms with Crippen molar-refractivity contribution in [2.45, 2.75) is 112 Å². The summed E-state index contributed by atoms with van der Waals surface area (Å²) in [5, 5.41) is 19.1. The largest absolute Gasteiger partial charge is 0.463 e. The van der Waals surface area contributed by atoms with Crippen molar-refractivity contribution in [2.75, 3.05) is 19.7 Å². The number of allylic oxidation sites excluding steroid dienone is 1. The fraction of sp³-hybridized carbons (Fsp3) is 0.727. The highest BCUT2D eigenvalue weighted by molar-refractivity contribution is 5.94. The first-order valence-corrected chi connectivity index (χ1v) is 15.7. The maximum Gasteiger partial charge on any atom is 0.408 e. The summed E-state index contributed by atoms with van der Waals surface area (Å²) >= 11 is 0. The lowest BCUT2D eigenvalue weighted by atomic mass is 9.85. The van der Waals surface area contributed by atoms with Crippen molar-refractivity contribution >= 4 is 29.8 Å². The molecule has 12 heteroatoms. The highest BCUT2D eigenvalue weighted by Crippen LogP contribution is 2.65. The van der Waals surface area contributed by atoms with E-state index in [1.165, 1.54) is 11.0 Å². The standard InChI is InChI=1S/C33H54N4O8/c1-12-14-15-21(24(38)27(40)34-17-16-19(3)29(42)44-13-2)35-26(39)23-22-20(33(22,10)11)18-37(23)28(41)25(31(4,5)6)36-30(43)45-32(7,8)9/h12,16,20-25,38H,1,13-15,17-18H2,2-11H3,(H,34,40)(H,35,39)(H,36,43)/t20-,21?,22-,23-,24?,25+/m0/s1. The zero-order valence-corrected chi connectivity index (χ0v) is 28.6. The summed E-state index contributed by atoms with van der Waals surface area (Å²) in [6.45, 7) is 22.3. The third-order valence-electron chi connectivity index (χ3n) is 8.48. The van der Waals surface area contributed by atoms with Gasteiger partial charge in [0, 0.05) is 18.7 Å². The van der Waals surface area contributed by atoms with Gasteiger partial charge in [0.25, 0.3) is 5.91 Å². The second-order valence-corrected chi connectivity index (χ2v) is 14.6. The number of rotatable bonds is 13. The van der Waals surface area contributed by atoms with Crippen molar-refractivity contribution in [3.05, 3.63) is 24.3 Å². The van der Waals surface area contributed by atoms with E-state index in [-0.39, 0.29) is 36.8 Å². The number of ether oxygens (including phenoxy) is 2. The number of hydrogen-bond acceptors (Lipinski definition) is 8. The second kappa shape index (κ2) is 14.8. The zero-order valence-electron chi connectivity index (χ0n) is 28.6. The highest BCUT2D eigenvalue weighted by atomic mass is 16.6. The summed E-state index contributed by atoms with van der Waals surface area (Å²) in [6.07, 6.45) is 1.41. The van der Waals surface area contributed by atoms with Crippen molar-refractivity contribution in [3.63, 3.8) is 0 Å². The number of alkyl carbamates (subject to hydrolysis) is 1. The number of piperidine rings is 1. The van der Waals surface area contributed by atoms with E-state index in [2.05, 4.69) is 22.5 Å². The van der Waals surface area contributed by atoms with Crippen LogP contribution < -0.4 is 16.0 Å². The third-order valence-corrected chi connectivity index (χ3v) is 8.48. The van der Waals surface area contributed by atoms with Crippen molar-refractivity contribution < 1.29 is 38.6 Å². The fourth-order valence-corrected chi connectivity index (χ4v) is 5.85. The number of esters is 1. The summed E-state index contributed by atoms with van der Waals surface area (Å²) < 4.78 is 10.3. The molecule has 1 aliphatic heterocycles. The first kappa shape index (κ1) is 37.8. The zero-order chi connectivity index (χ0) is 34.5. The number of nitrogens with one attached hydrogen (secondary N) is 3. The molecule has 2 unspecified atom stereocenters. The molecular formula is C33H54N4O8. The number of aliphatic hydroxyl groups is 1. The van der Waals surface area contributed by atoms with Gasteiger partial charge in [0.1, 0.15) is 17.7 Å². The number of hydrogen-bond donors (Lipinski definition) is 4. The van der Waals surface area contributed by atoms with Crippen molar-refractivity contribution in [3.8, 4) is 0 Å². The molecule has 0 radical (unpaired) electrons.